The van der Waals surface area contributed by atoms with E-state index in [1.165, 1.54) is 13.3 Å². The highest BCUT2D eigenvalue weighted by Crippen LogP contribution is 2.23. The minimum Gasteiger partial charge on any atom is -0.467 e. The molecule has 1 aliphatic rings. The predicted molar refractivity (Wildman–Crippen MR) is 82.2 cm³/mol. The molecule has 0 radical (unpaired) electrons. The number of hydrazone groups is 1. The molecular formula is C16H17F2N3O2. The van der Waals surface area contributed by atoms with Crippen molar-refractivity contribution in [2.75, 3.05) is 13.7 Å². The van der Waals surface area contributed by atoms with Crippen LogP contribution < -0.4 is 0 Å². The van der Waals surface area contributed by atoms with Crippen molar-refractivity contribution in [3.8, 4) is 0 Å². The Morgan fingerprint density at radius 2 is 2.30 bits per heavy atom. The number of halogens is 2. The summed E-state index contributed by atoms with van der Waals surface area (Å²) in [4.78, 5) is 14.7. The van der Waals surface area contributed by atoms with Gasteiger partial charge in [-0.1, -0.05) is 0 Å². The number of hydrogen-bond acceptors (Lipinski definition) is 4. The minimum absolute atomic E-state index is 0.0409. The van der Waals surface area contributed by atoms with Gasteiger partial charge in [0.25, 0.3) is 0 Å². The van der Waals surface area contributed by atoms with E-state index >= 15 is 0 Å². The van der Waals surface area contributed by atoms with Gasteiger partial charge in [0.05, 0.1) is 24.4 Å². The summed E-state index contributed by atoms with van der Waals surface area (Å²) in [5, 5.41) is 6.36. The van der Waals surface area contributed by atoms with Gasteiger partial charge in [0.15, 0.2) is 11.6 Å². The summed E-state index contributed by atoms with van der Waals surface area (Å²) in [7, 11) is 1.33. The first-order valence-corrected chi connectivity index (χ1v) is 7.45. The summed E-state index contributed by atoms with van der Waals surface area (Å²) in [6.45, 7) is 0.571. The Kier molecular flexibility index (Phi) is 4.27. The lowest BCUT2D eigenvalue weighted by molar-refractivity contribution is -0.148. The van der Waals surface area contributed by atoms with Gasteiger partial charge >= 0.3 is 5.97 Å². The number of nitrogens with zero attached hydrogens (tertiary/aromatic N) is 2. The fourth-order valence-electron chi connectivity index (χ4n) is 2.86. The third-order valence-corrected chi connectivity index (χ3v) is 4.06. The van der Waals surface area contributed by atoms with Crippen molar-refractivity contribution in [1.29, 1.82) is 0 Å². The van der Waals surface area contributed by atoms with Crippen LogP contribution in [0.5, 0.6) is 0 Å². The maximum absolute atomic E-state index is 14.1. The topological polar surface area (TPSA) is 57.7 Å². The van der Waals surface area contributed by atoms with Crippen LogP contribution in [0.2, 0.25) is 0 Å². The number of carbonyl (C=O) groups excluding carboxylic acids is 1. The maximum atomic E-state index is 14.1. The Hall–Kier alpha value is -2.44. The summed E-state index contributed by atoms with van der Waals surface area (Å²) in [6, 6.07) is 2.31. The molecule has 1 aliphatic heterocycles. The molecule has 0 amide bonds. The number of aromatic nitrogens is 1. The number of H-pyrrole nitrogens is 1. The van der Waals surface area contributed by atoms with Gasteiger partial charge in [0.2, 0.25) is 0 Å². The minimum atomic E-state index is -0.963. The Bertz CT molecular complexity index is 757. The highest BCUT2D eigenvalue weighted by atomic mass is 19.2. The maximum Gasteiger partial charge on any atom is 0.330 e. The van der Waals surface area contributed by atoms with Crippen LogP contribution in [-0.4, -0.2) is 41.9 Å². The highest BCUT2D eigenvalue weighted by molar-refractivity contribution is 5.98. The monoisotopic (exact) mass is 321 g/mol. The SMILES string of the molecule is COC(=O)[C@@H]1CCCCN1/N=C/c1c(F)c(F)cc2cc[nH]c12. The normalized spacial score (nSPS) is 18.7. The van der Waals surface area contributed by atoms with E-state index in [0.29, 0.717) is 23.9 Å². The van der Waals surface area contributed by atoms with Gasteiger partial charge in [-0.2, -0.15) is 5.10 Å². The van der Waals surface area contributed by atoms with Crippen LogP contribution in [0.4, 0.5) is 8.78 Å². The third-order valence-electron chi connectivity index (χ3n) is 4.06. The molecule has 1 saturated heterocycles. The second kappa shape index (κ2) is 6.36. The Labute approximate surface area is 131 Å². The number of fused-ring (bicyclic) bond motifs is 1. The van der Waals surface area contributed by atoms with E-state index in [0.717, 1.165) is 18.9 Å². The molecule has 2 aromatic rings. The van der Waals surface area contributed by atoms with Gasteiger partial charge in [-0.3, -0.25) is 5.01 Å². The van der Waals surface area contributed by atoms with Crippen LogP contribution in [0.15, 0.2) is 23.4 Å². The zero-order valence-electron chi connectivity index (χ0n) is 12.7. The van der Waals surface area contributed by atoms with Crippen LogP contribution in [0, 0.1) is 11.6 Å². The molecule has 1 aromatic carbocycles. The van der Waals surface area contributed by atoms with Crippen LogP contribution in [-0.2, 0) is 9.53 Å². The van der Waals surface area contributed by atoms with Crippen molar-refractivity contribution in [1.82, 2.24) is 9.99 Å². The molecule has 7 heteroatoms. The molecule has 1 fully saturated rings. The van der Waals surface area contributed by atoms with E-state index in [1.807, 2.05) is 0 Å². The van der Waals surface area contributed by atoms with E-state index in [4.69, 9.17) is 4.74 Å². The second-order valence-corrected chi connectivity index (χ2v) is 5.47. The fourth-order valence-corrected chi connectivity index (χ4v) is 2.86. The predicted octanol–water partition coefficient (Wildman–Crippen LogP) is 2.81. The molecule has 0 unspecified atom stereocenters. The Morgan fingerprint density at radius 1 is 1.48 bits per heavy atom. The van der Waals surface area contributed by atoms with Crippen LogP contribution in [0.3, 0.4) is 0 Å². The van der Waals surface area contributed by atoms with Crippen LogP contribution in [0.1, 0.15) is 24.8 Å². The molecule has 5 nitrogen and oxygen atoms in total. The number of hydrogen-bond donors (Lipinski definition) is 1. The van der Waals surface area contributed by atoms with E-state index in [-0.39, 0.29) is 11.5 Å². The smallest absolute Gasteiger partial charge is 0.330 e. The molecule has 0 spiro atoms. The zero-order valence-corrected chi connectivity index (χ0v) is 12.7. The molecule has 0 saturated carbocycles. The Balaban J connectivity index is 1.94. The first kappa shape index (κ1) is 15.5. The second-order valence-electron chi connectivity index (χ2n) is 5.47. The number of piperidine rings is 1. The first-order chi connectivity index (χ1) is 11.1. The number of ether oxygens (including phenoxy) is 1. The van der Waals surface area contributed by atoms with Gasteiger partial charge in [0.1, 0.15) is 6.04 Å². The van der Waals surface area contributed by atoms with Gasteiger partial charge in [-0.15, -0.1) is 0 Å². The molecule has 0 bridgehead atoms. The summed E-state index contributed by atoms with van der Waals surface area (Å²) in [5.74, 6) is -2.26. The van der Waals surface area contributed by atoms with Gasteiger partial charge < -0.3 is 9.72 Å². The average Bonchev–Trinajstić information content (AvgIpc) is 3.02. The van der Waals surface area contributed by atoms with Gasteiger partial charge in [0, 0.05) is 18.1 Å². The lowest BCUT2D eigenvalue weighted by Crippen LogP contribution is -2.42. The molecule has 3 rings (SSSR count). The van der Waals surface area contributed by atoms with E-state index in [1.54, 1.807) is 17.3 Å². The zero-order chi connectivity index (χ0) is 16.4. The molecule has 1 N–H and O–H groups in total. The number of esters is 1. The molecule has 122 valence electrons. The van der Waals surface area contributed by atoms with Crippen molar-refractivity contribution < 1.29 is 18.3 Å². The molecule has 23 heavy (non-hydrogen) atoms. The number of aromatic amines is 1. The van der Waals surface area contributed by atoms with Crippen LogP contribution >= 0.6 is 0 Å². The average molecular weight is 321 g/mol. The van der Waals surface area contributed by atoms with E-state index in [2.05, 4.69) is 10.1 Å². The van der Waals surface area contributed by atoms with E-state index < -0.39 is 17.7 Å². The van der Waals surface area contributed by atoms with Crippen LogP contribution in [0.25, 0.3) is 10.9 Å². The first-order valence-electron chi connectivity index (χ1n) is 7.45. The highest BCUT2D eigenvalue weighted by Gasteiger charge is 2.28. The Morgan fingerprint density at radius 3 is 3.09 bits per heavy atom. The standard InChI is InChI=1S/C16H17F2N3O2/c1-23-16(22)13-4-2-3-7-21(13)20-9-11-14(18)12(17)8-10-5-6-19-15(10)11/h5-6,8-9,13,19H,2-4,7H2,1H3/b20-9+/t13-/m0/s1. The number of benzene rings is 1. The number of carbonyl (C=O) groups is 1. The van der Waals surface area contributed by atoms with Crippen molar-refractivity contribution >= 4 is 23.1 Å². The molecule has 2 heterocycles. The van der Waals surface area contributed by atoms with Crippen molar-refractivity contribution in [3.05, 3.63) is 35.5 Å². The molecule has 1 atom stereocenters. The van der Waals surface area contributed by atoms with Crippen molar-refractivity contribution in [2.45, 2.75) is 25.3 Å². The summed E-state index contributed by atoms with van der Waals surface area (Å²) in [5.41, 5.74) is 0.512. The van der Waals surface area contributed by atoms with Crippen molar-refractivity contribution in [2.24, 2.45) is 5.10 Å². The molecule has 1 aromatic heterocycles. The quantitative estimate of drug-likeness (QED) is 0.698. The number of nitrogens with one attached hydrogen (secondary N) is 1. The lowest BCUT2D eigenvalue weighted by Gasteiger charge is -2.31. The van der Waals surface area contributed by atoms with E-state index in [9.17, 15) is 13.6 Å². The van der Waals surface area contributed by atoms with Gasteiger partial charge in [-0.25, -0.2) is 13.6 Å². The number of rotatable bonds is 3. The summed E-state index contributed by atoms with van der Waals surface area (Å²) in [6.07, 6.45) is 5.29. The fraction of sp³-hybridized carbons (Fsp3) is 0.375. The lowest BCUT2D eigenvalue weighted by atomic mass is 10.0. The number of methoxy groups -OCH3 is 1. The summed E-state index contributed by atoms with van der Waals surface area (Å²) >= 11 is 0. The van der Waals surface area contributed by atoms with Crippen molar-refractivity contribution in [3.63, 3.8) is 0 Å². The molecular weight excluding hydrogens is 304 g/mol. The third kappa shape index (κ3) is 2.91. The largest absolute Gasteiger partial charge is 0.467 e. The summed E-state index contributed by atoms with van der Waals surface area (Å²) < 4.78 is 32.5. The van der Waals surface area contributed by atoms with Gasteiger partial charge in [-0.05, 0) is 31.4 Å². The molecule has 0 aliphatic carbocycles.